The lowest BCUT2D eigenvalue weighted by atomic mass is 9.88. The van der Waals surface area contributed by atoms with Crippen molar-refractivity contribution >= 4 is 17.7 Å². The summed E-state index contributed by atoms with van der Waals surface area (Å²) in [7, 11) is 0. The number of hydrogen-bond acceptors (Lipinski definition) is 5. The fourth-order valence-corrected chi connectivity index (χ4v) is 5.09. The summed E-state index contributed by atoms with van der Waals surface area (Å²) in [6.45, 7) is 8.46. The summed E-state index contributed by atoms with van der Waals surface area (Å²) in [5, 5.41) is 2.87. The van der Waals surface area contributed by atoms with Gasteiger partial charge in [-0.15, -0.1) is 0 Å². The first-order valence-electron chi connectivity index (χ1n) is 12.0. The van der Waals surface area contributed by atoms with Gasteiger partial charge in [0, 0.05) is 17.0 Å². The number of nitrogens with zero attached hydrogens (tertiary/aromatic N) is 2. The van der Waals surface area contributed by atoms with Gasteiger partial charge < -0.3 is 19.4 Å². The zero-order chi connectivity index (χ0) is 24.5. The van der Waals surface area contributed by atoms with E-state index in [1.165, 1.54) is 0 Å². The van der Waals surface area contributed by atoms with Crippen LogP contribution in [0.4, 0.5) is 4.79 Å². The number of carbonyl (C=O) groups excluding carboxylic acids is 3. The van der Waals surface area contributed by atoms with Crippen LogP contribution < -0.4 is 14.8 Å². The van der Waals surface area contributed by atoms with Crippen LogP contribution in [0.2, 0.25) is 0 Å². The summed E-state index contributed by atoms with van der Waals surface area (Å²) in [4.78, 5) is 40.1. The van der Waals surface area contributed by atoms with Crippen LogP contribution in [0.3, 0.4) is 0 Å². The Kier molecular flexibility index (Phi) is 6.68. The number of ether oxygens (including phenoxy) is 2. The van der Waals surface area contributed by atoms with Crippen molar-refractivity contribution in [2.45, 2.75) is 71.6 Å². The van der Waals surface area contributed by atoms with Gasteiger partial charge in [0.25, 0.3) is 5.91 Å². The molecule has 1 aromatic heterocycles. The topological polar surface area (TPSA) is 89.9 Å². The van der Waals surface area contributed by atoms with E-state index in [1.807, 2.05) is 62.6 Å². The number of aromatic nitrogens is 1. The Morgan fingerprint density at radius 3 is 2.47 bits per heavy atom. The smallest absolute Gasteiger partial charge is 0.325 e. The maximum atomic E-state index is 13.2. The second kappa shape index (κ2) is 9.52. The molecule has 8 heteroatoms. The molecule has 0 radical (unpaired) electrons. The Bertz CT molecular complexity index is 1100. The molecule has 4 rings (SSSR count). The van der Waals surface area contributed by atoms with Gasteiger partial charge in [-0.05, 0) is 44.9 Å². The molecule has 1 N–H and O–H groups in total. The Hall–Kier alpha value is -3.29. The number of fused-ring (bicyclic) bond motifs is 1. The third-order valence-corrected chi connectivity index (χ3v) is 6.73. The molecule has 1 unspecified atom stereocenters. The largest absolute Gasteiger partial charge is 0.486 e. The number of hydrogen-bond donors (Lipinski definition) is 1. The van der Waals surface area contributed by atoms with E-state index in [0.717, 1.165) is 34.9 Å². The van der Waals surface area contributed by atoms with Gasteiger partial charge in [-0.2, -0.15) is 0 Å². The predicted molar refractivity (Wildman–Crippen MR) is 127 cm³/mol. The van der Waals surface area contributed by atoms with Crippen LogP contribution >= 0.6 is 0 Å². The van der Waals surface area contributed by atoms with Crippen LogP contribution in [0.25, 0.3) is 0 Å². The SMILES string of the molecule is CCCC1(CCC)NC(=O)N(CC(=O)c2cc(C)n(CC3COc4ccccc4O3)c2C)C1=O. The fourth-order valence-electron chi connectivity index (χ4n) is 5.09. The van der Waals surface area contributed by atoms with Crippen LogP contribution in [0.15, 0.2) is 30.3 Å². The lowest BCUT2D eigenvalue weighted by Gasteiger charge is -2.27. The molecule has 0 aliphatic carbocycles. The van der Waals surface area contributed by atoms with Gasteiger partial charge in [0.15, 0.2) is 23.4 Å². The predicted octanol–water partition coefficient (Wildman–Crippen LogP) is 4.02. The molecule has 0 bridgehead atoms. The number of rotatable bonds is 9. The number of Topliss-reactive ketones (excluding diaryl/α,β-unsaturated/α-hetero) is 1. The molecule has 34 heavy (non-hydrogen) atoms. The lowest BCUT2D eigenvalue weighted by molar-refractivity contribution is -0.131. The van der Waals surface area contributed by atoms with Gasteiger partial charge >= 0.3 is 6.03 Å². The molecule has 0 saturated carbocycles. The minimum atomic E-state index is -0.896. The van der Waals surface area contributed by atoms with E-state index in [1.54, 1.807) is 0 Å². The minimum Gasteiger partial charge on any atom is -0.486 e. The monoisotopic (exact) mass is 467 g/mol. The van der Waals surface area contributed by atoms with E-state index in [4.69, 9.17) is 9.47 Å². The first-order chi connectivity index (χ1) is 16.3. The second-order valence-corrected chi connectivity index (χ2v) is 9.22. The average Bonchev–Trinajstić information content (AvgIpc) is 3.22. The number of ketones is 1. The molecule has 3 heterocycles. The van der Waals surface area contributed by atoms with Crippen molar-refractivity contribution in [2.75, 3.05) is 13.2 Å². The molecule has 0 spiro atoms. The highest BCUT2D eigenvalue weighted by atomic mass is 16.6. The van der Waals surface area contributed by atoms with Gasteiger partial charge in [0.1, 0.15) is 12.1 Å². The molecule has 1 aromatic carbocycles. The zero-order valence-corrected chi connectivity index (χ0v) is 20.3. The quantitative estimate of drug-likeness (QED) is 0.444. The number of amides is 3. The normalized spacial score (nSPS) is 18.8. The van der Waals surface area contributed by atoms with E-state index in [2.05, 4.69) is 5.32 Å². The third-order valence-electron chi connectivity index (χ3n) is 6.73. The molecule has 1 fully saturated rings. The minimum absolute atomic E-state index is 0.197. The molecule has 8 nitrogen and oxygen atoms in total. The molecule has 1 saturated heterocycles. The summed E-state index contributed by atoms with van der Waals surface area (Å²) < 4.78 is 13.9. The van der Waals surface area contributed by atoms with Crippen LogP contribution in [0.1, 0.15) is 61.3 Å². The van der Waals surface area contributed by atoms with E-state index in [-0.39, 0.29) is 24.3 Å². The van der Waals surface area contributed by atoms with Gasteiger partial charge in [-0.3, -0.25) is 14.5 Å². The average molecular weight is 468 g/mol. The van der Waals surface area contributed by atoms with Crippen LogP contribution in [-0.2, 0) is 11.3 Å². The third kappa shape index (κ3) is 4.29. The number of carbonyl (C=O) groups is 3. The van der Waals surface area contributed by atoms with Gasteiger partial charge in [-0.1, -0.05) is 38.8 Å². The molecule has 3 amide bonds. The molecule has 2 aromatic rings. The van der Waals surface area contributed by atoms with E-state index in [9.17, 15) is 14.4 Å². The maximum absolute atomic E-state index is 13.2. The zero-order valence-electron chi connectivity index (χ0n) is 20.3. The molecule has 1 atom stereocenters. The van der Waals surface area contributed by atoms with Crippen molar-refractivity contribution in [3.05, 3.63) is 47.3 Å². The Morgan fingerprint density at radius 2 is 1.79 bits per heavy atom. The van der Waals surface area contributed by atoms with Crippen molar-refractivity contribution < 1.29 is 23.9 Å². The summed E-state index contributed by atoms with van der Waals surface area (Å²) in [6, 6.07) is 8.89. The van der Waals surface area contributed by atoms with Gasteiger partial charge in [-0.25, -0.2) is 4.79 Å². The van der Waals surface area contributed by atoms with Gasteiger partial charge in [0.05, 0.1) is 13.1 Å². The first kappa shape index (κ1) is 23.9. The Balaban J connectivity index is 1.48. The Labute approximate surface area is 200 Å². The fraction of sp³-hybridized carbons (Fsp3) is 0.500. The van der Waals surface area contributed by atoms with Gasteiger partial charge in [0.2, 0.25) is 0 Å². The van der Waals surface area contributed by atoms with E-state index >= 15 is 0 Å². The van der Waals surface area contributed by atoms with Crippen molar-refractivity contribution in [2.24, 2.45) is 0 Å². The standard InChI is InChI=1S/C26H33N3O5/c1-5-11-26(12-6-2)24(31)29(25(32)27-26)15-21(30)20-13-17(3)28(18(20)4)14-19-16-33-22-9-7-8-10-23(22)34-19/h7-10,13,19H,5-6,11-12,14-16H2,1-4H3,(H,27,32). The summed E-state index contributed by atoms with van der Waals surface area (Å²) in [6.07, 6.45) is 2.48. The summed E-state index contributed by atoms with van der Waals surface area (Å²) >= 11 is 0. The highest BCUT2D eigenvalue weighted by molar-refractivity contribution is 6.11. The number of para-hydroxylation sites is 2. The molecule has 182 valence electrons. The molecule has 2 aliphatic heterocycles. The van der Waals surface area contributed by atoms with E-state index in [0.29, 0.717) is 37.3 Å². The molecular weight excluding hydrogens is 434 g/mol. The maximum Gasteiger partial charge on any atom is 0.325 e. The number of imide groups is 1. The number of benzene rings is 1. The summed E-state index contributed by atoms with van der Waals surface area (Å²) in [5.41, 5.74) is 1.31. The van der Waals surface area contributed by atoms with Crippen molar-refractivity contribution in [1.29, 1.82) is 0 Å². The first-order valence-corrected chi connectivity index (χ1v) is 12.0. The van der Waals surface area contributed by atoms with Crippen molar-refractivity contribution in [1.82, 2.24) is 14.8 Å². The summed E-state index contributed by atoms with van der Waals surface area (Å²) in [5.74, 6) is 0.887. The highest BCUT2D eigenvalue weighted by Crippen LogP contribution is 2.32. The number of aryl methyl sites for hydroxylation is 1. The highest BCUT2D eigenvalue weighted by Gasteiger charge is 2.50. The van der Waals surface area contributed by atoms with Crippen LogP contribution in [-0.4, -0.2) is 52.0 Å². The van der Waals surface area contributed by atoms with E-state index < -0.39 is 11.6 Å². The number of urea groups is 1. The number of nitrogens with one attached hydrogen (secondary N) is 1. The van der Waals surface area contributed by atoms with Crippen molar-refractivity contribution in [3.8, 4) is 11.5 Å². The molecule has 2 aliphatic rings. The second-order valence-electron chi connectivity index (χ2n) is 9.22. The van der Waals surface area contributed by atoms with Crippen LogP contribution in [0, 0.1) is 13.8 Å². The van der Waals surface area contributed by atoms with Crippen molar-refractivity contribution in [3.63, 3.8) is 0 Å². The van der Waals surface area contributed by atoms with Crippen LogP contribution in [0.5, 0.6) is 11.5 Å². The lowest BCUT2D eigenvalue weighted by Crippen LogP contribution is -2.47. The Morgan fingerprint density at radius 1 is 1.12 bits per heavy atom. The molecular formula is C26H33N3O5.